The molecule has 5 atom stereocenters. The van der Waals surface area contributed by atoms with Gasteiger partial charge in [-0.1, -0.05) is 23.7 Å². The first-order chi connectivity index (χ1) is 12.8. The summed E-state index contributed by atoms with van der Waals surface area (Å²) in [5.41, 5.74) is -0.494. The van der Waals surface area contributed by atoms with Gasteiger partial charge in [0.15, 0.2) is 0 Å². The van der Waals surface area contributed by atoms with Crippen LogP contribution in [0.15, 0.2) is 18.2 Å². The third-order valence-corrected chi connectivity index (χ3v) is 6.08. The molecule has 3 aliphatic heterocycles. The minimum Gasteiger partial charge on any atom is -0.392 e. The highest BCUT2D eigenvalue weighted by atomic mass is 35.5. The van der Waals surface area contributed by atoms with E-state index in [4.69, 9.17) is 16.3 Å². The Balaban J connectivity index is 1.87. The molecular formula is C18H20ClN3O5. The molecule has 4 rings (SSSR count). The van der Waals surface area contributed by atoms with E-state index in [9.17, 15) is 19.5 Å². The van der Waals surface area contributed by atoms with Gasteiger partial charge in [-0.2, -0.15) is 0 Å². The smallest absolute Gasteiger partial charge is 0.250 e. The second kappa shape index (κ2) is 6.27. The fourth-order valence-electron chi connectivity index (χ4n) is 4.60. The standard InChI is InChI=1S/C18H20ClN3O5/c1-8(23)13-11-12(16(25)22(15(11)24)6-7-27-2)18(21-13)9-4-3-5-10(19)14(9)20-17(18)26/h3-5,8,11-13,21,23H,6-7H2,1-2H3,(H,20,26)/t8-,11-,12-,13-,18+/m0/s1. The van der Waals surface area contributed by atoms with E-state index in [1.165, 1.54) is 14.0 Å². The van der Waals surface area contributed by atoms with Crippen molar-refractivity contribution in [3.63, 3.8) is 0 Å². The van der Waals surface area contributed by atoms with E-state index in [1.54, 1.807) is 18.2 Å². The molecule has 0 bridgehead atoms. The summed E-state index contributed by atoms with van der Waals surface area (Å²) in [6, 6.07) is 4.31. The number of fused-ring (bicyclic) bond motifs is 4. The summed E-state index contributed by atoms with van der Waals surface area (Å²) in [6.45, 7) is 1.84. The number of rotatable bonds is 4. The second-order valence-electron chi connectivity index (χ2n) is 7.16. The number of hydrogen-bond donors (Lipinski definition) is 3. The Morgan fingerprint density at radius 1 is 1.33 bits per heavy atom. The molecule has 3 heterocycles. The highest BCUT2D eigenvalue weighted by Gasteiger charge is 2.71. The summed E-state index contributed by atoms with van der Waals surface area (Å²) in [5, 5.41) is 16.5. The van der Waals surface area contributed by atoms with Crippen LogP contribution in [0.5, 0.6) is 0 Å². The van der Waals surface area contributed by atoms with Crippen molar-refractivity contribution in [3.8, 4) is 0 Å². The Labute approximate surface area is 160 Å². The molecule has 1 spiro atoms. The number of carbonyl (C=O) groups is 3. The SMILES string of the molecule is COCCN1C(=O)[C@@H]2[C@H]([C@H](C)O)N[C@@]3(C(=O)Nc4c(Cl)cccc43)[C@@H]2C1=O. The van der Waals surface area contributed by atoms with Crippen LogP contribution in [0.25, 0.3) is 0 Å². The Kier molecular flexibility index (Phi) is 4.27. The number of imide groups is 1. The van der Waals surface area contributed by atoms with E-state index in [-0.39, 0.29) is 13.2 Å². The molecule has 144 valence electrons. The molecule has 1 aromatic rings. The van der Waals surface area contributed by atoms with Crippen molar-refractivity contribution >= 4 is 35.0 Å². The highest BCUT2D eigenvalue weighted by molar-refractivity contribution is 6.35. The van der Waals surface area contributed by atoms with Gasteiger partial charge in [0.05, 0.1) is 41.8 Å². The molecule has 2 fully saturated rings. The van der Waals surface area contributed by atoms with Gasteiger partial charge < -0.3 is 15.2 Å². The minimum atomic E-state index is -1.44. The monoisotopic (exact) mass is 393 g/mol. The fourth-order valence-corrected chi connectivity index (χ4v) is 4.82. The highest BCUT2D eigenvalue weighted by Crippen LogP contribution is 2.54. The van der Waals surface area contributed by atoms with Gasteiger partial charge >= 0.3 is 0 Å². The van der Waals surface area contributed by atoms with Crippen molar-refractivity contribution in [2.24, 2.45) is 11.8 Å². The first-order valence-electron chi connectivity index (χ1n) is 8.75. The number of methoxy groups -OCH3 is 1. The zero-order valence-electron chi connectivity index (χ0n) is 14.9. The molecule has 0 aromatic heterocycles. The lowest BCUT2D eigenvalue weighted by Crippen LogP contribution is -2.55. The van der Waals surface area contributed by atoms with Crippen molar-refractivity contribution in [1.82, 2.24) is 10.2 Å². The van der Waals surface area contributed by atoms with E-state index >= 15 is 0 Å². The number of aliphatic hydroxyl groups is 1. The predicted octanol–water partition coefficient (Wildman–Crippen LogP) is 0.0876. The molecule has 3 N–H and O–H groups in total. The number of ether oxygens (including phenoxy) is 1. The average Bonchev–Trinajstić information content (AvgIpc) is 3.21. The molecule has 8 nitrogen and oxygen atoms in total. The molecule has 3 aliphatic rings. The lowest BCUT2D eigenvalue weighted by molar-refractivity contribution is -0.143. The minimum absolute atomic E-state index is 0.105. The number of hydrogen-bond acceptors (Lipinski definition) is 6. The molecular weight excluding hydrogens is 374 g/mol. The van der Waals surface area contributed by atoms with E-state index in [0.29, 0.717) is 16.3 Å². The maximum Gasteiger partial charge on any atom is 0.250 e. The molecule has 1 aromatic carbocycles. The van der Waals surface area contributed by atoms with Gasteiger partial charge in [0, 0.05) is 18.7 Å². The van der Waals surface area contributed by atoms with Crippen LogP contribution in [0.2, 0.25) is 5.02 Å². The predicted molar refractivity (Wildman–Crippen MR) is 95.9 cm³/mol. The molecule has 0 unspecified atom stereocenters. The molecule has 2 saturated heterocycles. The number of amides is 3. The van der Waals surface area contributed by atoms with Gasteiger partial charge in [-0.15, -0.1) is 0 Å². The van der Waals surface area contributed by atoms with E-state index in [2.05, 4.69) is 10.6 Å². The average molecular weight is 394 g/mol. The van der Waals surface area contributed by atoms with Crippen molar-refractivity contribution in [1.29, 1.82) is 0 Å². The summed E-state index contributed by atoms with van der Waals surface area (Å²) >= 11 is 6.23. The van der Waals surface area contributed by atoms with Crippen LogP contribution in [-0.4, -0.2) is 60.1 Å². The van der Waals surface area contributed by atoms with Crippen LogP contribution >= 0.6 is 11.6 Å². The van der Waals surface area contributed by atoms with Crippen LogP contribution in [0.1, 0.15) is 12.5 Å². The van der Waals surface area contributed by atoms with Gasteiger partial charge in [0.2, 0.25) is 17.7 Å². The largest absolute Gasteiger partial charge is 0.392 e. The van der Waals surface area contributed by atoms with E-state index < -0.39 is 47.2 Å². The maximum atomic E-state index is 13.2. The molecule has 0 saturated carbocycles. The van der Waals surface area contributed by atoms with Crippen LogP contribution in [-0.2, 0) is 24.7 Å². The van der Waals surface area contributed by atoms with Gasteiger partial charge in [-0.05, 0) is 13.0 Å². The Morgan fingerprint density at radius 2 is 2.07 bits per heavy atom. The van der Waals surface area contributed by atoms with Crippen LogP contribution < -0.4 is 10.6 Å². The second-order valence-corrected chi connectivity index (χ2v) is 7.57. The lowest BCUT2D eigenvalue weighted by Gasteiger charge is -2.30. The third kappa shape index (κ3) is 2.30. The first kappa shape index (κ1) is 18.4. The Morgan fingerprint density at radius 3 is 2.74 bits per heavy atom. The zero-order valence-corrected chi connectivity index (χ0v) is 15.6. The normalized spacial score (nSPS) is 32.8. The molecule has 3 amide bonds. The molecule has 9 heteroatoms. The van der Waals surface area contributed by atoms with Gasteiger partial charge in [0.1, 0.15) is 5.54 Å². The van der Waals surface area contributed by atoms with Gasteiger partial charge in [-0.3, -0.25) is 24.6 Å². The molecule has 0 radical (unpaired) electrons. The first-order valence-corrected chi connectivity index (χ1v) is 9.12. The number of anilines is 1. The molecule has 0 aliphatic carbocycles. The third-order valence-electron chi connectivity index (χ3n) is 5.76. The summed E-state index contributed by atoms with van der Waals surface area (Å²) in [4.78, 5) is 40.4. The number of benzene rings is 1. The fraction of sp³-hybridized carbons (Fsp3) is 0.500. The summed E-state index contributed by atoms with van der Waals surface area (Å²) in [6.07, 6.45) is -0.938. The number of nitrogens with one attached hydrogen (secondary N) is 2. The quantitative estimate of drug-likeness (QED) is 0.626. The number of carbonyl (C=O) groups excluding carboxylic acids is 3. The Hall–Kier alpha value is -2.00. The number of aliphatic hydroxyl groups excluding tert-OH is 1. The van der Waals surface area contributed by atoms with Crippen molar-refractivity contribution < 1.29 is 24.2 Å². The Bertz CT molecular complexity index is 844. The number of para-hydroxylation sites is 1. The van der Waals surface area contributed by atoms with Crippen LogP contribution in [0.3, 0.4) is 0 Å². The summed E-state index contributed by atoms with van der Waals surface area (Å²) in [7, 11) is 1.48. The maximum absolute atomic E-state index is 13.2. The van der Waals surface area contributed by atoms with Crippen molar-refractivity contribution in [3.05, 3.63) is 28.8 Å². The van der Waals surface area contributed by atoms with Crippen LogP contribution in [0, 0.1) is 11.8 Å². The van der Waals surface area contributed by atoms with Crippen molar-refractivity contribution in [2.45, 2.75) is 24.6 Å². The van der Waals surface area contributed by atoms with E-state index in [1.807, 2.05) is 0 Å². The van der Waals surface area contributed by atoms with Crippen molar-refractivity contribution in [2.75, 3.05) is 25.6 Å². The van der Waals surface area contributed by atoms with E-state index in [0.717, 1.165) is 4.90 Å². The number of halogens is 1. The number of likely N-dealkylation sites (tertiary alicyclic amines) is 1. The molecule has 27 heavy (non-hydrogen) atoms. The van der Waals surface area contributed by atoms with Gasteiger partial charge in [0.25, 0.3) is 0 Å². The lowest BCUT2D eigenvalue weighted by atomic mass is 9.76. The summed E-state index contributed by atoms with van der Waals surface area (Å²) < 4.78 is 5.00. The number of nitrogens with zero attached hydrogens (tertiary/aromatic N) is 1. The summed E-state index contributed by atoms with van der Waals surface area (Å²) in [5.74, 6) is -3.09. The van der Waals surface area contributed by atoms with Crippen LogP contribution in [0.4, 0.5) is 5.69 Å². The van der Waals surface area contributed by atoms with Gasteiger partial charge in [-0.25, -0.2) is 0 Å². The topological polar surface area (TPSA) is 108 Å². The zero-order chi connectivity index (χ0) is 19.5.